The van der Waals surface area contributed by atoms with E-state index < -0.39 is 4.92 Å². The summed E-state index contributed by atoms with van der Waals surface area (Å²) in [5.41, 5.74) is 1.03. The summed E-state index contributed by atoms with van der Waals surface area (Å²) >= 11 is 7.19. The second-order valence-corrected chi connectivity index (χ2v) is 7.50. The van der Waals surface area contributed by atoms with E-state index in [1.165, 1.54) is 30.0 Å². The van der Waals surface area contributed by atoms with Crippen molar-refractivity contribution in [1.82, 2.24) is 15.3 Å². The minimum Gasteiger partial charge on any atom is -0.384 e. The van der Waals surface area contributed by atoms with Crippen molar-refractivity contribution in [3.63, 3.8) is 0 Å². The zero-order valence-corrected chi connectivity index (χ0v) is 17.4. The van der Waals surface area contributed by atoms with Gasteiger partial charge in [-0.05, 0) is 18.9 Å². The number of thioether (sulfide) groups is 1. The molecule has 0 aliphatic heterocycles. The first-order valence-corrected chi connectivity index (χ1v) is 10.4. The molecule has 11 heteroatoms. The summed E-state index contributed by atoms with van der Waals surface area (Å²) in [5, 5.41) is 17.3. The molecule has 2 aromatic rings. The third-order valence-corrected chi connectivity index (χ3v) is 4.96. The van der Waals surface area contributed by atoms with Crippen LogP contribution in [0.4, 0.5) is 11.4 Å². The van der Waals surface area contributed by atoms with Crippen LogP contribution in [0.25, 0.3) is 0 Å². The van der Waals surface area contributed by atoms with Gasteiger partial charge in [0.1, 0.15) is 0 Å². The minimum atomic E-state index is -0.506. The Bertz CT molecular complexity index is 921. The SMILES string of the molecule is CCCc1cc(=O)[nH]c(SCC(=O)NCCCNc2ccc([N+](=O)[O-])cc2Cl)n1. The number of halogens is 1. The van der Waals surface area contributed by atoms with Gasteiger partial charge >= 0.3 is 0 Å². The highest BCUT2D eigenvalue weighted by atomic mass is 35.5. The highest BCUT2D eigenvalue weighted by Gasteiger charge is 2.09. The molecule has 3 N–H and O–H groups in total. The van der Waals surface area contributed by atoms with Crippen LogP contribution >= 0.6 is 23.4 Å². The highest BCUT2D eigenvalue weighted by molar-refractivity contribution is 7.99. The number of amides is 1. The number of aromatic amines is 1. The molecule has 2 rings (SSSR count). The maximum atomic E-state index is 11.9. The standard InChI is InChI=1S/C18H22ClN5O4S/c1-2-4-12-9-16(25)23-18(22-12)29-11-17(26)21-8-3-7-20-15-6-5-13(24(27)28)10-14(15)19/h5-6,9-10,20H,2-4,7-8,11H2,1H3,(H,21,26)(H,22,23,25). The zero-order chi connectivity index (χ0) is 21.2. The molecule has 0 aliphatic carbocycles. The number of carbonyl (C=O) groups is 1. The molecule has 29 heavy (non-hydrogen) atoms. The van der Waals surface area contributed by atoms with Gasteiger partial charge in [0.25, 0.3) is 11.2 Å². The molecule has 0 atom stereocenters. The summed E-state index contributed by atoms with van der Waals surface area (Å²) in [7, 11) is 0. The number of nitrogens with zero attached hydrogens (tertiary/aromatic N) is 2. The number of non-ortho nitro benzene ring substituents is 1. The van der Waals surface area contributed by atoms with Gasteiger partial charge in [-0.25, -0.2) is 4.98 Å². The van der Waals surface area contributed by atoms with Gasteiger partial charge in [-0.1, -0.05) is 36.7 Å². The predicted octanol–water partition coefficient (Wildman–Crippen LogP) is 2.99. The lowest BCUT2D eigenvalue weighted by molar-refractivity contribution is -0.384. The van der Waals surface area contributed by atoms with E-state index in [0.717, 1.165) is 18.5 Å². The summed E-state index contributed by atoms with van der Waals surface area (Å²) in [6.07, 6.45) is 2.25. The van der Waals surface area contributed by atoms with Gasteiger partial charge in [0, 0.05) is 37.0 Å². The van der Waals surface area contributed by atoms with Crippen LogP contribution in [0, 0.1) is 10.1 Å². The van der Waals surface area contributed by atoms with Gasteiger partial charge in [0.2, 0.25) is 5.91 Å². The summed E-state index contributed by atoms with van der Waals surface area (Å²) in [4.78, 5) is 40.7. The van der Waals surface area contributed by atoms with Crippen molar-refractivity contribution in [1.29, 1.82) is 0 Å². The number of aryl methyl sites for hydroxylation is 1. The maximum Gasteiger partial charge on any atom is 0.271 e. The molecule has 1 amide bonds. The van der Waals surface area contributed by atoms with Crippen LogP contribution in [-0.2, 0) is 11.2 Å². The summed E-state index contributed by atoms with van der Waals surface area (Å²) in [6, 6.07) is 5.69. The summed E-state index contributed by atoms with van der Waals surface area (Å²) < 4.78 is 0. The third-order valence-electron chi connectivity index (χ3n) is 3.77. The van der Waals surface area contributed by atoms with Gasteiger partial charge in [0.05, 0.1) is 21.4 Å². The van der Waals surface area contributed by atoms with E-state index in [9.17, 15) is 19.7 Å². The van der Waals surface area contributed by atoms with Crippen molar-refractivity contribution >= 4 is 40.6 Å². The molecule has 1 aromatic carbocycles. The fourth-order valence-corrected chi connectivity index (χ4v) is 3.39. The Balaban J connectivity index is 1.69. The van der Waals surface area contributed by atoms with Crippen molar-refractivity contribution in [2.75, 3.05) is 24.2 Å². The Morgan fingerprint density at radius 3 is 2.83 bits per heavy atom. The highest BCUT2D eigenvalue weighted by Crippen LogP contribution is 2.26. The van der Waals surface area contributed by atoms with Crippen LogP contribution in [0.15, 0.2) is 34.2 Å². The number of benzene rings is 1. The van der Waals surface area contributed by atoms with E-state index in [1.54, 1.807) is 6.07 Å². The molecule has 0 saturated heterocycles. The molecule has 0 radical (unpaired) electrons. The minimum absolute atomic E-state index is 0.0682. The van der Waals surface area contributed by atoms with Crippen LogP contribution in [0.2, 0.25) is 5.02 Å². The Kier molecular flexibility index (Phi) is 8.94. The van der Waals surface area contributed by atoms with E-state index in [0.29, 0.717) is 30.4 Å². The molecule has 0 bridgehead atoms. The molecule has 0 fully saturated rings. The van der Waals surface area contributed by atoms with Crippen molar-refractivity contribution < 1.29 is 9.72 Å². The van der Waals surface area contributed by atoms with Crippen molar-refractivity contribution in [2.45, 2.75) is 31.3 Å². The molecule has 1 heterocycles. The quantitative estimate of drug-likeness (QED) is 0.161. The van der Waals surface area contributed by atoms with Crippen LogP contribution in [-0.4, -0.2) is 39.6 Å². The molecule has 0 saturated carbocycles. The Labute approximate surface area is 176 Å². The first-order chi connectivity index (χ1) is 13.9. The van der Waals surface area contributed by atoms with E-state index >= 15 is 0 Å². The zero-order valence-electron chi connectivity index (χ0n) is 15.9. The van der Waals surface area contributed by atoms with Gasteiger partial charge in [0.15, 0.2) is 5.16 Å². The number of aromatic nitrogens is 2. The fraction of sp³-hybridized carbons (Fsp3) is 0.389. The van der Waals surface area contributed by atoms with E-state index in [1.807, 2.05) is 6.92 Å². The molecular formula is C18H22ClN5O4S. The second-order valence-electron chi connectivity index (χ2n) is 6.13. The van der Waals surface area contributed by atoms with E-state index in [2.05, 4.69) is 20.6 Å². The lowest BCUT2D eigenvalue weighted by Crippen LogP contribution is -2.27. The molecule has 0 aliphatic rings. The van der Waals surface area contributed by atoms with E-state index in [-0.39, 0.29) is 27.9 Å². The van der Waals surface area contributed by atoms with E-state index in [4.69, 9.17) is 11.6 Å². The van der Waals surface area contributed by atoms with Crippen molar-refractivity contribution in [3.8, 4) is 0 Å². The number of rotatable bonds is 11. The number of anilines is 1. The van der Waals surface area contributed by atoms with Crippen molar-refractivity contribution in [2.24, 2.45) is 0 Å². The first-order valence-electron chi connectivity index (χ1n) is 9.06. The molecule has 9 nitrogen and oxygen atoms in total. The van der Waals surface area contributed by atoms with Crippen LogP contribution < -0.4 is 16.2 Å². The Hall–Kier alpha value is -2.59. The van der Waals surface area contributed by atoms with Gasteiger partial charge in [-0.2, -0.15) is 0 Å². The Morgan fingerprint density at radius 2 is 2.14 bits per heavy atom. The van der Waals surface area contributed by atoms with Crippen LogP contribution in [0.5, 0.6) is 0 Å². The molecular weight excluding hydrogens is 418 g/mol. The lowest BCUT2D eigenvalue weighted by atomic mass is 10.2. The molecule has 156 valence electrons. The normalized spacial score (nSPS) is 10.6. The average molecular weight is 440 g/mol. The van der Waals surface area contributed by atoms with Crippen LogP contribution in [0.3, 0.4) is 0 Å². The maximum absolute atomic E-state index is 11.9. The van der Waals surface area contributed by atoms with Gasteiger partial charge < -0.3 is 15.6 Å². The smallest absolute Gasteiger partial charge is 0.271 e. The van der Waals surface area contributed by atoms with Crippen molar-refractivity contribution in [3.05, 3.63) is 55.5 Å². The third kappa shape index (κ3) is 7.74. The number of hydrogen-bond acceptors (Lipinski definition) is 7. The summed E-state index contributed by atoms with van der Waals surface area (Å²) in [6.45, 7) is 3.00. The molecule has 1 aromatic heterocycles. The largest absolute Gasteiger partial charge is 0.384 e. The number of nitro benzene ring substituents is 1. The van der Waals surface area contributed by atoms with Crippen LogP contribution in [0.1, 0.15) is 25.5 Å². The number of carbonyl (C=O) groups excluding carboxylic acids is 1. The Morgan fingerprint density at radius 1 is 1.34 bits per heavy atom. The van der Waals surface area contributed by atoms with Gasteiger partial charge in [-0.15, -0.1) is 0 Å². The summed E-state index contributed by atoms with van der Waals surface area (Å²) in [5.74, 6) is -0.00736. The number of hydrogen-bond donors (Lipinski definition) is 3. The molecule has 0 unspecified atom stereocenters. The fourth-order valence-electron chi connectivity index (χ4n) is 2.42. The monoisotopic (exact) mass is 439 g/mol. The first kappa shape index (κ1) is 22.7. The topological polar surface area (TPSA) is 130 Å². The molecule has 0 spiro atoms. The lowest BCUT2D eigenvalue weighted by Gasteiger charge is -2.09. The number of nitrogens with one attached hydrogen (secondary N) is 3. The average Bonchev–Trinajstić information content (AvgIpc) is 2.67. The number of nitro groups is 1. The number of H-pyrrole nitrogens is 1. The second kappa shape index (κ2) is 11.4. The predicted molar refractivity (Wildman–Crippen MR) is 114 cm³/mol. The van der Waals surface area contributed by atoms with Gasteiger partial charge in [-0.3, -0.25) is 19.7 Å².